The summed E-state index contributed by atoms with van der Waals surface area (Å²) in [5.41, 5.74) is 0. The Bertz CT molecular complexity index is 347. The highest BCUT2D eigenvalue weighted by Gasteiger charge is 2.41. The average molecular weight is 270 g/mol. The van der Waals surface area contributed by atoms with E-state index < -0.39 is 36.9 Å². The van der Waals surface area contributed by atoms with E-state index in [1.165, 1.54) is 0 Å². The van der Waals surface area contributed by atoms with Crippen LogP contribution in [0, 0.1) is 0 Å². The summed E-state index contributed by atoms with van der Waals surface area (Å²) in [5.74, 6) is -1.35. The van der Waals surface area contributed by atoms with Crippen LogP contribution in [0.3, 0.4) is 0 Å². The molecule has 0 aliphatic carbocycles. The van der Waals surface area contributed by atoms with E-state index in [-0.39, 0.29) is 13.0 Å². The summed E-state index contributed by atoms with van der Waals surface area (Å²) in [6, 6.07) is -2.35. The maximum atomic E-state index is 12.1. The van der Waals surface area contributed by atoms with Gasteiger partial charge in [0.05, 0.1) is 6.10 Å². The van der Waals surface area contributed by atoms with Gasteiger partial charge in [-0.2, -0.15) is 13.2 Å². The third-order valence-corrected chi connectivity index (χ3v) is 2.55. The highest BCUT2D eigenvalue weighted by atomic mass is 19.4. The number of carboxylic acids is 1. The van der Waals surface area contributed by atoms with Gasteiger partial charge in [0.15, 0.2) is 0 Å². The van der Waals surface area contributed by atoms with Gasteiger partial charge >= 0.3 is 18.2 Å². The Hall–Kier alpha value is -1.51. The number of β-amino-alcohol motifs (C(OH)–C–C–N with tert-alkyl or cyclic N) is 1. The van der Waals surface area contributed by atoms with Crippen molar-refractivity contribution in [3.8, 4) is 0 Å². The number of carbonyl (C=O) groups excluding carboxylic acids is 1. The van der Waals surface area contributed by atoms with Crippen molar-refractivity contribution in [1.82, 2.24) is 9.80 Å². The molecule has 1 aliphatic heterocycles. The zero-order valence-electron chi connectivity index (χ0n) is 9.52. The van der Waals surface area contributed by atoms with Crippen molar-refractivity contribution in [2.75, 3.05) is 20.1 Å². The second-order valence-corrected chi connectivity index (χ2v) is 4.15. The maximum Gasteiger partial charge on any atom is 0.406 e. The van der Waals surface area contributed by atoms with Crippen molar-refractivity contribution >= 4 is 12.0 Å². The fraction of sp³-hybridized carbons (Fsp3) is 0.778. The van der Waals surface area contributed by atoms with Gasteiger partial charge in [-0.15, -0.1) is 0 Å². The lowest BCUT2D eigenvalue weighted by Gasteiger charge is -2.27. The number of urea groups is 1. The van der Waals surface area contributed by atoms with Crippen molar-refractivity contribution < 1.29 is 33.0 Å². The SMILES string of the molecule is CN(CC(F)(F)F)C(=O)N1CC(O)C[C@H]1C(=O)O. The maximum absolute atomic E-state index is 12.1. The summed E-state index contributed by atoms with van der Waals surface area (Å²) in [4.78, 5) is 23.6. The van der Waals surface area contributed by atoms with Crippen LogP contribution in [0.1, 0.15) is 6.42 Å². The Morgan fingerprint density at radius 3 is 2.44 bits per heavy atom. The molecule has 0 saturated carbocycles. The fourth-order valence-corrected chi connectivity index (χ4v) is 1.82. The van der Waals surface area contributed by atoms with Crippen molar-refractivity contribution in [3.63, 3.8) is 0 Å². The number of aliphatic carboxylic acids is 1. The molecule has 1 unspecified atom stereocenters. The lowest BCUT2D eigenvalue weighted by Crippen LogP contribution is -2.49. The van der Waals surface area contributed by atoms with Crippen molar-refractivity contribution in [3.05, 3.63) is 0 Å². The van der Waals surface area contributed by atoms with Crippen LogP contribution >= 0.6 is 0 Å². The number of carbonyl (C=O) groups is 2. The first-order chi connectivity index (χ1) is 8.11. The van der Waals surface area contributed by atoms with Crippen molar-refractivity contribution in [2.45, 2.75) is 24.7 Å². The Balaban J connectivity index is 2.73. The third-order valence-electron chi connectivity index (χ3n) is 2.55. The van der Waals surface area contributed by atoms with Crippen LogP contribution in [-0.4, -0.2) is 70.5 Å². The molecule has 0 aromatic heterocycles. The molecule has 0 aromatic carbocycles. The summed E-state index contributed by atoms with van der Waals surface area (Å²) in [6.45, 7) is -1.75. The van der Waals surface area contributed by atoms with Crippen LogP contribution in [0.2, 0.25) is 0 Å². The molecular weight excluding hydrogens is 257 g/mol. The summed E-state index contributed by atoms with van der Waals surface area (Å²) in [6.07, 6.45) is -5.77. The molecule has 6 nitrogen and oxygen atoms in total. The van der Waals surface area contributed by atoms with E-state index in [0.717, 1.165) is 11.9 Å². The molecule has 0 spiro atoms. The van der Waals surface area contributed by atoms with Gasteiger partial charge < -0.3 is 20.0 Å². The molecule has 9 heteroatoms. The van der Waals surface area contributed by atoms with E-state index in [9.17, 15) is 27.9 Å². The van der Waals surface area contributed by atoms with Gasteiger partial charge in [0, 0.05) is 20.0 Å². The summed E-state index contributed by atoms with van der Waals surface area (Å²) in [5, 5.41) is 18.1. The van der Waals surface area contributed by atoms with Gasteiger partial charge in [0.25, 0.3) is 0 Å². The fourth-order valence-electron chi connectivity index (χ4n) is 1.82. The molecule has 1 heterocycles. The van der Waals surface area contributed by atoms with E-state index in [1.54, 1.807) is 0 Å². The zero-order chi connectivity index (χ0) is 14.1. The molecule has 2 atom stereocenters. The Kier molecular flexibility index (Phi) is 4.05. The first-order valence-electron chi connectivity index (χ1n) is 5.11. The number of hydrogen-bond acceptors (Lipinski definition) is 3. The molecular formula is C9H13F3N2O4. The Morgan fingerprint density at radius 1 is 1.44 bits per heavy atom. The van der Waals surface area contributed by atoms with E-state index in [1.807, 2.05) is 0 Å². The number of hydrogen-bond donors (Lipinski definition) is 2. The topological polar surface area (TPSA) is 81.1 Å². The lowest BCUT2D eigenvalue weighted by molar-refractivity contribution is -0.142. The molecule has 1 rings (SSSR count). The van der Waals surface area contributed by atoms with Gasteiger partial charge in [-0.05, 0) is 0 Å². The minimum Gasteiger partial charge on any atom is -0.480 e. The number of amides is 2. The van der Waals surface area contributed by atoms with E-state index in [2.05, 4.69) is 0 Å². The normalized spacial score (nSPS) is 24.2. The van der Waals surface area contributed by atoms with Gasteiger partial charge in [-0.3, -0.25) is 0 Å². The molecule has 1 fully saturated rings. The zero-order valence-corrected chi connectivity index (χ0v) is 9.52. The number of nitrogens with zero attached hydrogens (tertiary/aromatic N) is 2. The predicted molar refractivity (Wildman–Crippen MR) is 52.8 cm³/mol. The average Bonchev–Trinajstić information content (AvgIpc) is 2.56. The highest BCUT2D eigenvalue weighted by Crippen LogP contribution is 2.22. The summed E-state index contributed by atoms with van der Waals surface area (Å²) < 4.78 is 36.3. The number of aliphatic hydroxyl groups is 1. The molecule has 2 amide bonds. The summed E-state index contributed by atoms with van der Waals surface area (Å²) in [7, 11) is 0.930. The molecule has 0 bridgehead atoms. The minimum atomic E-state index is -4.55. The van der Waals surface area contributed by atoms with Crippen LogP contribution in [0.4, 0.5) is 18.0 Å². The quantitative estimate of drug-likeness (QED) is 0.746. The number of aliphatic hydroxyl groups excluding tert-OH is 1. The first kappa shape index (κ1) is 14.6. The molecule has 104 valence electrons. The number of likely N-dealkylation sites (tertiary alicyclic amines) is 1. The van der Waals surface area contributed by atoms with Crippen LogP contribution in [0.15, 0.2) is 0 Å². The number of rotatable bonds is 2. The molecule has 1 saturated heterocycles. The van der Waals surface area contributed by atoms with E-state index in [0.29, 0.717) is 4.90 Å². The van der Waals surface area contributed by atoms with Crippen LogP contribution in [-0.2, 0) is 4.79 Å². The Labute approximate surface area is 101 Å². The van der Waals surface area contributed by atoms with Gasteiger partial charge in [0.2, 0.25) is 0 Å². The minimum absolute atomic E-state index is 0.180. The predicted octanol–water partition coefficient (Wildman–Crippen LogP) is 0.120. The van der Waals surface area contributed by atoms with Crippen LogP contribution < -0.4 is 0 Å². The third kappa shape index (κ3) is 3.49. The number of halogens is 3. The monoisotopic (exact) mass is 270 g/mol. The van der Waals surface area contributed by atoms with Gasteiger partial charge in [-0.1, -0.05) is 0 Å². The Morgan fingerprint density at radius 2 is 2.00 bits per heavy atom. The smallest absolute Gasteiger partial charge is 0.406 e. The second kappa shape index (κ2) is 5.01. The van der Waals surface area contributed by atoms with Crippen LogP contribution in [0.25, 0.3) is 0 Å². The largest absolute Gasteiger partial charge is 0.480 e. The first-order valence-corrected chi connectivity index (χ1v) is 5.11. The van der Waals surface area contributed by atoms with E-state index in [4.69, 9.17) is 5.11 Å². The van der Waals surface area contributed by atoms with Crippen molar-refractivity contribution in [2.24, 2.45) is 0 Å². The molecule has 1 aliphatic rings. The van der Waals surface area contributed by atoms with Crippen LogP contribution in [0.5, 0.6) is 0 Å². The van der Waals surface area contributed by atoms with E-state index >= 15 is 0 Å². The lowest BCUT2D eigenvalue weighted by atomic mass is 10.2. The molecule has 2 N–H and O–H groups in total. The van der Waals surface area contributed by atoms with Gasteiger partial charge in [-0.25, -0.2) is 9.59 Å². The number of alkyl halides is 3. The highest BCUT2D eigenvalue weighted by molar-refractivity contribution is 5.83. The number of carboxylic acid groups (broad SMARTS) is 1. The molecule has 0 radical (unpaired) electrons. The summed E-state index contributed by atoms with van der Waals surface area (Å²) >= 11 is 0. The standard InChI is InChI=1S/C9H13F3N2O4/c1-13(4-9(10,11)12)8(18)14-3-5(15)2-6(14)7(16)17/h5-6,15H,2-4H2,1H3,(H,16,17)/t5?,6-/m0/s1. The molecule has 18 heavy (non-hydrogen) atoms. The van der Waals surface area contributed by atoms with Crippen molar-refractivity contribution in [1.29, 1.82) is 0 Å². The van der Waals surface area contributed by atoms with Gasteiger partial charge in [0.1, 0.15) is 12.6 Å². The second-order valence-electron chi connectivity index (χ2n) is 4.15. The molecule has 0 aromatic rings.